The fourth-order valence-corrected chi connectivity index (χ4v) is 7.40. The van der Waals surface area contributed by atoms with Crippen LogP contribution in [0.3, 0.4) is 0 Å². The number of esters is 1. The second-order valence-electron chi connectivity index (χ2n) is 9.22. The van der Waals surface area contributed by atoms with Crippen LogP contribution in [0.1, 0.15) is 45.2 Å². The van der Waals surface area contributed by atoms with Crippen molar-refractivity contribution < 1.29 is 24.0 Å². The molecule has 0 spiro atoms. The van der Waals surface area contributed by atoms with Gasteiger partial charge in [0.15, 0.2) is 6.10 Å². The third kappa shape index (κ3) is 3.85. The molecule has 2 saturated heterocycles. The van der Waals surface area contributed by atoms with E-state index in [1.54, 1.807) is 23.3 Å². The number of aryl methyl sites for hydroxylation is 1. The van der Waals surface area contributed by atoms with E-state index in [0.717, 1.165) is 34.6 Å². The number of hydrogen-bond acceptors (Lipinski definition) is 7. The molecule has 0 N–H and O–H groups in total. The van der Waals surface area contributed by atoms with E-state index in [1.165, 1.54) is 18.4 Å². The first-order valence-electron chi connectivity index (χ1n) is 12.0. The molecule has 190 valence electrons. The zero-order valence-corrected chi connectivity index (χ0v) is 22.1. The number of hydrogen-bond donors (Lipinski definition) is 0. The van der Waals surface area contributed by atoms with Crippen LogP contribution in [-0.2, 0) is 32.0 Å². The van der Waals surface area contributed by atoms with Gasteiger partial charge in [0.1, 0.15) is 10.9 Å². The molecule has 0 saturated carbocycles. The Morgan fingerprint density at radius 2 is 1.81 bits per heavy atom. The van der Waals surface area contributed by atoms with Gasteiger partial charge in [0.05, 0.1) is 24.4 Å². The van der Waals surface area contributed by atoms with E-state index in [2.05, 4.69) is 0 Å². The Bertz CT molecular complexity index is 1430. The molecule has 10 heteroatoms. The number of imide groups is 1. The van der Waals surface area contributed by atoms with Gasteiger partial charge in [-0.1, -0.05) is 47.5 Å². The van der Waals surface area contributed by atoms with Crippen LogP contribution in [0.25, 0.3) is 0 Å². The highest BCUT2D eigenvalue weighted by atomic mass is 35.5. The molecule has 3 aliphatic rings. The largest absolute Gasteiger partial charge is 0.465 e. The first-order valence-corrected chi connectivity index (χ1v) is 13.5. The van der Waals surface area contributed by atoms with Crippen LogP contribution in [-0.4, -0.2) is 31.0 Å². The molecule has 0 bridgehead atoms. The fraction of sp³-hybridized carbons (Fsp3) is 0.296. The van der Waals surface area contributed by atoms with Crippen molar-refractivity contribution >= 4 is 63.0 Å². The van der Waals surface area contributed by atoms with Gasteiger partial charge < -0.3 is 4.74 Å². The lowest BCUT2D eigenvalue weighted by atomic mass is 9.90. The SMILES string of the molecule is COC(=O)c1c(N2C(=O)[C@H]3[C@@H](c4ccc(Cl)cc4Cl)N(c4ccccc4)O[C@H]3C2=O)sc2c1CCCC2. The van der Waals surface area contributed by atoms with Crippen molar-refractivity contribution in [1.82, 2.24) is 0 Å². The number of para-hydroxylation sites is 1. The van der Waals surface area contributed by atoms with Crippen LogP contribution in [0, 0.1) is 5.92 Å². The molecule has 37 heavy (non-hydrogen) atoms. The molecule has 1 aliphatic carbocycles. The van der Waals surface area contributed by atoms with Crippen molar-refractivity contribution in [2.45, 2.75) is 37.8 Å². The maximum absolute atomic E-state index is 14.1. The summed E-state index contributed by atoms with van der Waals surface area (Å²) in [5.41, 5.74) is 2.48. The molecule has 3 aromatic rings. The third-order valence-corrected chi connectivity index (χ3v) is 8.99. The molecule has 0 radical (unpaired) electrons. The molecule has 2 amide bonds. The van der Waals surface area contributed by atoms with Crippen molar-refractivity contribution in [3.63, 3.8) is 0 Å². The zero-order chi connectivity index (χ0) is 25.8. The molecule has 7 nitrogen and oxygen atoms in total. The highest BCUT2D eigenvalue weighted by Crippen LogP contribution is 2.51. The van der Waals surface area contributed by atoms with Crippen LogP contribution in [0.15, 0.2) is 48.5 Å². The van der Waals surface area contributed by atoms with Gasteiger partial charge in [-0.25, -0.2) is 14.8 Å². The lowest BCUT2D eigenvalue weighted by Gasteiger charge is -2.29. The highest BCUT2D eigenvalue weighted by molar-refractivity contribution is 7.17. The molecule has 2 aliphatic heterocycles. The van der Waals surface area contributed by atoms with E-state index in [4.69, 9.17) is 32.8 Å². The number of amides is 2. The Labute approximate surface area is 227 Å². The summed E-state index contributed by atoms with van der Waals surface area (Å²) in [6, 6.07) is 13.6. The zero-order valence-electron chi connectivity index (χ0n) is 19.8. The highest BCUT2D eigenvalue weighted by Gasteiger charge is 2.61. The van der Waals surface area contributed by atoms with Crippen molar-refractivity contribution in [3.05, 3.63) is 80.1 Å². The van der Waals surface area contributed by atoms with Crippen LogP contribution < -0.4 is 9.96 Å². The van der Waals surface area contributed by atoms with Crippen LogP contribution in [0.5, 0.6) is 0 Å². The van der Waals surface area contributed by atoms with E-state index in [1.807, 2.05) is 30.3 Å². The van der Waals surface area contributed by atoms with Gasteiger partial charge in [0.25, 0.3) is 5.91 Å². The van der Waals surface area contributed by atoms with Crippen molar-refractivity contribution in [3.8, 4) is 0 Å². The molecule has 3 atom stereocenters. The van der Waals surface area contributed by atoms with Gasteiger partial charge >= 0.3 is 5.97 Å². The summed E-state index contributed by atoms with van der Waals surface area (Å²) in [7, 11) is 1.31. The molecule has 2 fully saturated rings. The lowest BCUT2D eigenvalue weighted by molar-refractivity contribution is -0.126. The number of carbonyl (C=O) groups excluding carboxylic acids is 3. The van der Waals surface area contributed by atoms with Gasteiger partial charge in [-0.05, 0) is 61.1 Å². The second-order valence-corrected chi connectivity index (χ2v) is 11.1. The quantitative estimate of drug-likeness (QED) is 0.300. The summed E-state index contributed by atoms with van der Waals surface area (Å²) < 4.78 is 5.07. The van der Waals surface area contributed by atoms with Crippen LogP contribution >= 0.6 is 34.5 Å². The average Bonchev–Trinajstić information content (AvgIpc) is 3.54. The lowest BCUT2D eigenvalue weighted by Crippen LogP contribution is -2.37. The number of anilines is 2. The standard InChI is InChI=1S/C27H22Cl2N2O5S/c1-35-27(34)20-17-9-5-6-10-19(17)37-26(20)30-24(32)21-22(16-12-11-14(28)13-18(16)29)31(36-23(21)25(30)33)15-7-3-2-4-8-15/h2-4,7-8,11-13,21-23H,5-6,9-10H2,1H3/t21-,22+,23+/m0/s1. The van der Waals surface area contributed by atoms with Gasteiger partial charge in [0, 0.05) is 14.9 Å². The number of thiophene rings is 1. The predicted molar refractivity (Wildman–Crippen MR) is 141 cm³/mol. The van der Waals surface area contributed by atoms with Gasteiger partial charge in [0.2, 0.25) is 5.91 Å². The number of fused-ring (bicyclic) bond motifs is 2. The summed E-state index contributed by atoms with van der Waals surface area (Å²) in [6.45, 7) is 0. The molecule has 3 heterocycles. The first kappa shape index (κ1) is 24.4. The summed E-state index contributed by atoms with van der Waals surface area (Å²) in [6.07, 6.45) is 2.36. The van der Waals surface area contributed by atoms with Crippen LogP contribution in [0.4, 0.5) is 10.7 Å². The monoisotopic (exact) mass is 556 g/mol. The Morgan fingerprint density at radius 1 is 1.05 bits per heavy atom. The average molecular weight is 557 g/mol. The molecule has 6 rings (SSSR count). The number of methoxy groups -OCH3 is 1. The van der Waals surface area contributed by atoms with Gasteiger partial charge in [-0.15, -0.1) is 11.3 Å². The summed E-state index contributed by atoms with van der Waals surface area (Å²) in [5, 5.41) is 2.72. The Balaban J connectivity index is 1.47. The number of ether oxygens (including phenoxy) is 1. The van der Waals surface area contributed by atoms with E-state index in [-0.39, 0.29) is 0 Å². The Hall–Kier alpha value is -2.91. The summed E-state index contributed by atoms with van der Waals surface area (Å²) in [4.78, 5) is 49.1. The smallest absolute Gasteiger partial charge is 0.341 e. The maximum atomic E-state index is 14.1. The van der Waals surface area contributed by atoms with E-state index in [0.29, 0.717) is 38.3 Å². The number of benzene rings is 2. The normalized spacial score (nSPS) is 22.8. The number of hydroxylamine groups is 1. The summed E-state index contributed by atoms with van der Waals surface area (Å²) >= 11 is 14.1. The third-order valence-electron chi connectivity index (χ3n) is 7.15. The molecule has 1 aromatic heterocycles. The van der Waals surface area contributed by atoms with Crippen molar-refractivity contribution in [2.75, 3.05) is 17.1 Å². The predicted octanol–water partition coefficient (Wildman–Crippen LogP) is 5.77. The minimum Gasteiger partial charge on any atom is -0.465 e. The van der Waals surface area contributed by atoms with Gasteiger partial charge in [-0.3, -0.25) is 14.4 Å². The number of carbonyl (C=O) groups is 3. The maximum Gasteiger partial charge on any atom is 0.341 e. The minimum absolute atomic E-state index is 0.310. The fourth-order valence-electron chi connectivity index (χ4n) is 5.49. The van der Waals surface area contributed by atoms with Crippen molar-refractivity contribution in [1.29, 1.82) is 0 Å². The van der Waals surface area contributed by atoms with Crippen LogP contribution in [0.2, 0.25) is 10.0 Å². The Morgan fingerprint density at radius 3 is 2.54 bits per heavy atom. The second kappa shape index (κ2) is 9.44. The molecular formula is C27H22Cl2N2O5S. The first-order chi connectivity index (χ1) is 17.9. The summed E-state index contributed by atoms with van der Waals surface area (Å²) in [5.74, 6) is -2.37. The number of nitrogens with zero attached hydrogens (tertiary/aromatic N) is 2. The topological polar surface area (TPSA) is 76.2 Å². The molecular weight excluding hydrogens is 535 g/mol. The van der Waals surface area contributed by atoms with E-state index in [9.17, 15) is 14.4 Å². The van der Waals surface area contributed by atoms with E-state index < -0.39 is 35.8 Å². The van der Waals surface area contributed by atoms with Crippen molar-refractivity contribution in [2.24, 2.45) is 5.92 Å². The van der Waals surface area contributed by atoms with Gasteiger partial charge in [-0.2, -0.15) is 0 Å². The Kier molecular flexibility index (Phi) is 6.23. The minimum atomic E-state index is -1.07. The number of rotatable bonds is 4. The molecule has 2 aromatic carbocycles. The molecule has 0 unspecified atom stereocenters. The number of halogens is 2. The van der Waals surface area contributed by atoms with E-state index >= 15 is 0 Å².